The Kier molecular flexibility index (Phi) is 3.86. The van der Waals surface area contributed by atoms with Crippen molar-refractivity contribution in [2.24, 2.45) is 0 Å². The number of fused-ring (bicyclic) bond motifs is 2. The van der Waals surface area contributed by atoms with Crippen LogP contribution in [0.5, 0.6) is 0 Å². The smallest absolute Gasteiger partial charge is 0.289 e. The number of carbonyl (C=O) groups excluding carboxylic acids is 2. The van der Waals surface area contributed by atoms with Crippen LogP contribution in [0.4, 0.5) is 0 Å². The largest absolute Gasteiger partial charge is 0.456 e. The van der Waals surface area contributed by atoms with E-state index in [2.05, 4.69) is 15.5 Å². The number of carbonyl (C=O) groups is 2. The van der Waals surface area contributed by atoms with E-state index in [0.29, 0.717) is 24.7 Å². The molecule has 2 aliphatic rings. The third-order valence-corrected chi connectivity index (χ3v) is 5.21. The number of hydrogen-bond donors (Lipinski definition) is 1. The third kappa shape index (κ3) is 2.60. The summed E-state index contributed by atoms with van der Waals surface area (Å²) >= 11 is 0. The van der Waals surface area contributed by atoms with E-state index in [1.807, 2.05) is 25.3 Å². The average molecular weight is 357 g/mol. The van der Waals surface area contributed by atoms with Gasteiger partial charge in [0.15, 0.2) is 5.76 Å². The van der Waals surface area contributed by atoms with Crippen LogP contribution < -0.4 is 5.32 Å². The zero-order valence-electron chi connectivity index (χ0n) is 15.3. The molecule has 2 aliphatic heterocycles. The predicted molar refractivity (Wildman–Crippen MR) is 92.9 cm³/mol. The van der Waals surface area contributed by atoms with Crippen LogP contribution in [0.2, 0.25) is 0 Å². The van der Waals surface area contributed by atoms with Gasteiger partial charge in [0, 0.05) is 25.6 Å². The predicted octanol–water partition coefficient (Wildman–Crippen LogP) is 1.51. The topological polar surface area (TPSA) is 93.3 Å². The van der Waals surface area contributed by atoms with Gasteiger partial charge in [0.25, 0.3) is 11.8 Å². The Hall–Kier alpha value is -2.64. The van der Waals surface area contributed by atoms with Crippen LogP contribution >= 0.6 is 0 Å². The number of rotatable bonds is 3. The second kappa shape index (κ2) is 5.96. The van der Waals surface area contributed by atoms with Gasteiger partial charge in [-0.3, -0.25) is 14.2 Å². The summed E-state index contributed by atoms with van der Waals surface area (Å²) in [5.74, 6) is 1.92. The lowest BCUT2D eigenvalue weighted by Crippen LogP contribution is -2.40. The summed E-state index contributed by atoms with van der Waals surface area (Å²) in [5.41, 5.74) is -0.306. The zero-order chi connectivity index (χ0) is 18.5. The summed E-state index contributed by atoms with van der Waals surface area (Å²) in [5, 5.41) is 11.2. The van der Waals surface area contributed by atoms with Gasteiger partial charge in [0.05, 0.1) is 5.54 Å². The van der Waals surface area contributed by atoms with Gasteiger partial charge >= 0.3 is 0 Å². The SMILES string of the molecule is Cc1ccc(C(=O)N2CCC3(CCc4nnc(C(=O)NC(C)C)n43)C2)o1. The van der Waals surface area contributed by atoms with Gasteiger partial charge < -0.3 is 14.6 Å². The molecule has 4 rings (SSSR count). The minimum absolute atomic E-state index is 0.0247. The van der Waals surface area contributed by atoms with Crippen molar-refractivity contribution < 1.29 is 14.0 Å². The molecule has 26 heavy (non-hydrogen) atoms. The summed E-state index contributed by atoms with van der Waals surface area (Å²) in [4.78, 5) is 27.1. The molecule has 0 aliphatic carbocycles. The second-order valence-electron chi connectivity index (χ2n) is 7.51. The minimum Gasteiger partial charge on any atom is -0.456 e. The average Bonchev–Trinajstić information content (AvgIpc) is 3.33. The standard InChI is InChI=1S/C18H23N5O3/c1-11(2)19-16(24)15-21-20-14-6-7-18(23(14)15)8-9-22(10-18)17(25)13-5-4-12(3)26-13/h4-5,11H,6-10H2,1-3H3,(H,19,24). The van der Waals surface area contributed by atoms with Crippen molar-refractivity contribution in [3.05, 3.63) is 35.3 Å². The van der Waals surface area contributed by atoms with Crippen LogP contribution in [0.15, 0.2) is 16.5 Å². The number of nitrogens with one attached hydrogen (secondary N) is 1. The molecular weight excluding hydrogens is 334 g/mol. The van der Waals surface area contributed by atoms with Crippen LogP contribution in [0, 0.1) is 6.92 Å². The first kappa shape index (κ1) is 16.8. The fourth-order valence-electron chi connectivity index (χ4n) is 4.03. The number of furan rings is 1. The molecule has 0 saturated carbocycles. The molecule has 8 heteroatoms. The molecule has 0 radical (unpaired) electrons. The molecule has 1 spiro atoms. The Bertz CT molecular complexity index is 868. The molecule has 1 atom stereocenters. The van der Waals surface area contributed by atoms with E-state index in [4.69, 9.17) is 4.42 Å². The van der Waals surface area contributed by atoms with E-state index in [1.165, 1.54) is 0 Å². The third-order valence-electron chi connectivity index (χ3n) is 5.21. The van der Waals surface area contributed by atoms with Gasteiger partial charge in [0.2, 0.25) is 5.82 Å². The lowest BCUT2D eigenvalue weighted by atomic mass is 9.95. The van der Waals surface area contributed by atoms with Gasteiger partial charge in [-0.05, 0) is 45.7 Å². The maximum Gasteiger partial charge on any atom is 0.289 e. The van der Waals surface area contributed by atoms with Crippen molar-refractivity contribution in [1.29, 1.82) is 0 Å². The Morgan fingerprint density at radius 2 is 2.08 bits per heavy atom. The Balaban J connectivity index is 1.60. The molecule has 0 bridgehead atoms. The van der Waals surface area contributed by atoms with Crippen LogP contribution in [0.3, 0.4) is 0 Å². The highest BCUT2D eigenvalue weighted by molar-refractivity contribution is 5.92. The van der Waals surface area contributed by atoms with Crippen molar-refractivity contribution in [1.82, 2.24) is 25.0 Å². The fraction of sp³-hybridized carbons (Fsp3) is 0.556. The van der Waals surface area contributed by atoms with Crippen molar-refractivity contribution in [2.45, 2.75) is 51.6 Å². The monoisotopic (exact) mass is 357 g/mol. The number of nitrogens with zero attached hydrogens (tertiary/aromatic N) is 4. The lowest BCUT2D eigenvalue weighted by molar-refractivity contribution is 0.0741. The van der Waals surface area contributed by atoms with Crippen molar-refractivity contribution in [2.75, 3.05) is 13.1 Å². The van der Waals surface area contributed by atoms with Crippen LogP contribution in [0.25, 0.3) is 0 Å². The van der Waals surface area contributed by atoms with E-state index < -0.39 is 0 Å². The molecule has 1 saturated heterocycles. The molecular formula is C18H23N5O3. The van der Waals surface area contributed by atoms with Gasteiger partial charge in [-0.2, -0.15) is 0 Å². The maximum atomic E-state index is 12.7. The Morgan fingerprint density at radius 1 is 1.27 bits per heavy atom. The first-order valence-electron chi connectivity index (χ1n) is 9.01. The number of hydrogen-bond acceptors (Lipinski definition) is 5. The number of aryl methyl sites for hydroxylation is 2. The van der Waals surface area contributed by atoms with Crippen molar-refractivity contribution >= 4 is 11.8 Å². The van der Waals surface area contributed by atoms with Gasteiger partial charge in [0.1, 0.15) is 11.6 Å². The molecule has 1 unspecified atom stereocenters. The highest BCUT2D eigenvalue weighted by Gasteiger charge is 2.48. The first-order valence-corrected chi connectivity index (χ1v) is 9.01. The Labute approximate surface area is 151 Å². The Morgan fingerprint density at radius 3 is 2.77 bits per heavy atom. The van der Waals surface area contributed by atoms with Crippen LogP contribution in [-0.2, 0) is 12.0 Å². The summed E-state index contributed by atoms with van der Waals surface area (Å²) in [7, 11) is 0. The number of amides is 2. The molecule has 2 aromatic heterocycles. The molecule has 138 valence electrons. The summed E-state index contributed by atoms with van der Waals surface area (Å²) in [6.07, 6.45) is 2.41. The number of aromatic nitrogens is 3. The highest BCUT2D eigenvalue weighted by Crippen LogP contribution is 2.40. The van der Waals surface area contributed by atoms with Gasteiger partial charge in [-0.15, -0.1) is 10.2 Å². The summed E-state index contributed by atoms with van der Waals surface area (Å²) in [6.45, 7) is 6.81. The molecule has 4 heterocycles. The summed E-state index contributed by atoms with van der Waals surface area (Å²) in [6, 6.07) is 3.53. The highest BCUT2D eigenvalue weighted by atomic mass is 16.3. The fourth-order valence-corrected chi connectivity index (χ4v) is 4.03. The van der Waals surface area contributed by atoms with E-state index in [9.17, 15) is 9.59 Å². The maximum absolute atomic E-state index is 12.7. The molecule has 8 nitrogen and oxygen atoms in total. The quantitative estimate of drug-likeness (QED) is 0.899. The van der Waals surface area contributed by atoms with Crippen LogP contribution in [-0.4, -0.2) is 50.6 Å². The van der Waals surface area contributed by atoms with Crippen molar-refractivity contribution in [3.8, 4) is 0 Å². The molecule has 0 aromatic carbocycles. The first-order chi connectivity index (χ1) is 12.4. The minimum atomic E-state index is -0.306. The summed E-state index contributed by atoms with van der Waals surface area (Å²) < 4.78 is 7.45. The van der Waals surface area contributed by atoms with E-state index in [1.54, 1.807) is 17.0 Å². The van der Waals surface area contributed by atoms with E-state index >= 15 is 0 Å². The van der Waals surface area contributed by atoms with Crippen molar-refractivity contribution in [3.63, 3.8) is 0 Å². The lowest BCUT2D eigenvalue weighted by Gasteiger charge is -2.27. The van der Waals surface area contributed by atoms with Gasteiger partial charge in [-0.25, -0.2) is 0 Å². The van der Waals surface area contributed by atoms with E-state index in [0.717, 1.165) is 30.8 Å². The molecule has 2 aromatic rings. The molecule has 2 amide bonds. The normalized spacial score (nSPS) is 21.6. The van der Waals surface area contributed by atoms with Crippen LogP contribution in [0.1, 0.15) is 59.4 Å². The molecule has 1 N–H and O–H groups in total. The molecule has 1 fully saturated rings. The second-order valence-corrected chi connectivity index (χ2v) is 7.51. The van der Waals surface area contributed by atoms with Gasteiger partial charge in [-0.1, -0.05) is 0 Å². The number of likely N-dealkylation sites (tertiary alicyclic amines) is 1. The zero-order valence-corrected chi connectivity index (χ0v) is 15.3. The van der Waals surface area contributed by atoms with E-state index in [-0.39, 0.29) is 23.4 Å².